The highest BCUT2D eigenvalue weighted by molar-refractivity contribution is 5.80. The van der Waals surface area contributed by atoms with Crippen molar-refractivity contribution in [2.24, 2.45) is 5.92 Å². The van der Waals surface area contributed by atoms with Gasteiger partial charge in [0.1, 0.15) is 0 Å². The van der Waals surface area contributed by atoms with Crippen molar-refractivity contribution >= 4 is 11.6 Å². The van der Waals surface area contributed by atoms with Crippen LogP contribution in [0.4, 0.5) is 5.69 Å². The molecule has 7 nitrogen and oxygen atoms in total. The molecule has 1 aromatic rings. The second kappa shape index (κ2) is 8.59. The molecule has 126 valence electrons. The Labute approximate surface area is 135 Å². The quantitative estimate of drug-likeness (QED) is 0.405. The maximum atomic E-state index is 11.8. The number of amides is 1. The Balaban J connectivity index is 1.94. The molecule has 3 N–H and O–H groups in total. The largest absolute Gasteiger partial charge is 0.305 e. The molecule has 2 rings (SSSR count). The van der Waals surface area contributed by atoms with E-state index in [0.717, 1.165) is 24.9 Å². The van der Waals surface area contributed by atoms with Crippen molar-refractivity contribution in [3.8, 4) is 0 Å². The summed E-state index contributed by atoms with van der Waals surface area (Å²) in [7, 11) is 0. The third kappa shape index (κ3) is 5.30. The highest BCUT2D eigenvalue weighted by Crippen LogP contribution is 2.23. The van der Waals surface area contributed by atoms with Crippen LogP contribution in [0.25, 0.3) is 0 Å². The highest BCUT2D eigenvalue weighted by Gasteiger charge is 2.21. The predicted octanol–water partition coefficient (Wildman–Crippen LogP) is 2.18. The molecule has 1 atom stereocenters. The Morgan fingerprint density at radius 3 is 2.48 bits per heavy atom. The van der Waals surface area contributed by atoms with Crippen LogP contribution in [0, 0.1) is 16.0 Å². The molecule has 1 saturated carbocycles. The van der Waals surface area contributed by atoms with E-state index in [0.29, 0.717) is 12.3 Å². The molecule has 0 saturated heterocycles. The predicted molar refractivity (Wildman–Crippen MR) is 85.1 cm³/mol. The second-order valence-corrected chi connectivity index (χ2v) is 6.07. The number of nitro groups is 1. The zero-order chi connectivity index (χ0) is 16.7. The van der Waals surface area contributed by atoms with Crippen LogP contribution in [-0.4, -0.2) is 28.6 Å². The van der Waals surface area contributed by atoms with E-state index in [1.54, 1.807) is 17.6 Å². The molecule has 0 aromatic heterocycles. The van der Waals surface area contributed by atoms with E-state index in [-0.39, 0.29) is 5.69 Å². The summed E-state index contributed by atoms with van der Waals surface area (Å²) in [6.07, 6.45) is 6.43. The van der Waals surface area contributed by atoms with Gasteiger partial charge in [0.2, 0.25) is 0 Å². The summed E-state index contributed by atoms with van der Waals surface area (Å²) in [6, 6.07) is 5.56. The van der Waals surface area contributed by atoms with Crippen LogP contribution in [0.15, 0.2) is 24.3 Å². The van der Waals surface area contributed by atoms with Crippen LogP contribution in [-0.2, 0) is 11.2 Å². The molecule has 0 bridgehead atoms. The number of non-ortho nitro benzene ring substituents is 1. The molecular formula is C16H23N3O4. The van der Waals surface area contributed by atoms with Gasteiger partial charge in [-0.05, 0) is 37.3 Å². The van der Waals surface area contributed by atoms with E-state index in [1.807, 2.05) is 0 Å². The van der Waals surface area contributed by atoms with E-state index in [4.69, 9.17) is 5.21 Å². The van der Waals surface area contributed by atoms with Gasteiger partial charge in [-0.2, -0.15) is 0 Å². The number of carbonyl (C=O) groups excluding carboxylic acids is 1. The molecular weight excluding hydrogens is 298 g/mol. The molecule has 1 amide bonds. The third-order valence-electron chi connectivity index (χ3n) is 4.39. The summed E-state index contributed by atoms with van der Waals surface area (Å²) < 4.78 is 0. The van der Waals surface area contributed by atoms with Crippen LogP contribution < -0.4 is 10.8 Å². The van der Waals surface area contributed by atoms with Crippen LogP contribution >= 0.6 is 0 Å². The summed E-state index contributed by atoms with van der Waals surface area (Å²) in [5.74, 6) is 0.0776. The number of carbonyl (C=O) groups is 1. The SMILES string of the molecule is O=C(NO)[C@H](Cc1ccc([N+](=O)[O-])cc1)NCC1CCCCC1. The van der Waals surface area contributed by atoms with Crippen LogP contribution in [0.1, 0.15) is 37.7 Å². The van der Waals surface area contributed by atoms with Gasteiger partial charge in [-0.3, -0.25) is 20.1 Å². The topological polar surface area (TPSA) is 104 Å². The zero-order valence-corrected chi connectivity index (χ0v) is 13.0. The van der Waals surface area contributed by atoms with E-state index in [9.17, 15) is 14.9 Å². The Morgan fingerprint density at radius 1 is 1.26 bits per heavy atom. The molecule has 1 aliphatic rings. The molecule has 0 unspecified atom stereocenters. The summed E-state index contributed by atoms with van der Waals surface area (Å²) >= 11 is 0. The monoisotopic (exact) mass is 321 g/mol. The molecule has 7 heteroatoms. The number of hydroxylamine groups is 1. The Hall–Kier alpha value is -1.99. The summed E-state index contributed by atoms with van der Waals surface area (Å²) in [5, 5.41) is 22.8. The molecule has 1 fully saturated rings. The fourth-order valence-corrected chi connectivity index (χ4v) is 3.03. The first-order valence-electron chi connectivity index (χ1n) is 8.01. The van der Waals surface area contributed by atoms with Crippen molar-refractivity contribution < 1.29 is 14.9 Å². The van der Waals surface area contributed by atoms with Crippen molar-refractivity contribution in [1.82, 2.24) is 10.8 Å². The Bertz CT molecular complexity index is 527. The van der Waals surface area contributed by atoms with Crippen LogP contribution in [0.3, 0.4) is 0 Å². The lowest BCUT2D eigenvalue weighted by Crippen LogP contribution is -2.46. The maximum absolute atomic E-state index is 11.8. The number of nitrogens with one attached hydrogen (secondary N) is 2. The van der Waals surface area contributed by atoms with Crippen molar-refractivity contribution in [3.63, 3.8) is 0 Å². The van der Waals surface area contributed by atoms with Gasteiger partial charge < -0.3 is 5.32 Å². The van der Waals surface area contributed by atoms with Crippen LogP contribution in [0.5, 0.6) is 0 Å². The average molecular weight is 321 g/mol. The minimum atomic E-state index is -0.552. The smallest absolute Gasteiger partial charge is 0.269 e. The first-order valence-corrected chi connectivity index (χ1v) is 8.01. The normalized spacial score (nSPS) is 16.7. The highest BCUT2D eigenvalue weighted by atomic mass is 16.6. The molecule has 0 spiro atoms. The van der Waals surface area contributed by atoms with E-state index < -0.39 is 16.9 Å². The summed E-state index contributed by atoms with van der Waals surface area (Å²) in [5.41, 5.74) is 2.52. The molecule has 0 aliphatic heterocycles. The van der Waals surface area contributed by atoms with E-state index in [1.165, 1.54) is 31.4 Å². The number of rotatable bonds is 7. The minimum absolute atomic E-state index is 0.0204. The van der Waals surface area contributed by atoms with E-state index >= 15 is 0 Å². The van der Waals surface area contributed by atoms with Gasteiger partial charge in [-0.15, -0.1) is 0 Å². The summed E-state index contributed by atoms with van der Waals surface area (Å²) in [4.78, 5) is 22.0. The van der Waals surface area contributed by atoms with Gasteiger partial charge in [-0.25, -0.2) is 5.48 Å². The lowest BCUT2D eigenvalue weighted by molar-refractivity contribution is -0.384. The third-order valence-corrected chi connectivity index (χ3v) is 4.39. The Kier molecular flexibility index (Phi) is 6.49. The zero-order valence-electron chi connectivity index (χ0n) is 13.0. The van der Waals surface area contributed by atoms with Crippen molar-refractivity contribution in [1.29, 1.82) is 0 Å². The second-order valence-electron chi connectivity index (χ2n) is 6.07. The minimum Gasteiger partial charge on any atom is -0.305 e. The molecule has 0 radical (unpaired) electrons. The van der Waals surface area contributed by atoms with Gasteiger partial charge in [0, 0.05) is 12.1 Å². The molecule has 23 heavy (non-hydrogen) atoms. The average Bonchev–Trinajstić information content (AvgIpc) is 2.59. The molecule has 0 heterocycles. The van der Waals surface area contributed by atoms with Gasteiger partial charge in [0.25, 0.3) is 11.6 Å². The number of benzene rings is 1. The van der Waals surface area contributed by atoms with Gasteiger partial charge in [-0.1, -0.05) is 31.4 Å². The number of hydrogen-bond acceptors (Lipinski definition) is 5. The standard InChI is InChI=1S/C16H23N3O4/c20-16(18-21)15(17-11-13-4-2-1-3-5-13)10-12-6-8-14(9-7-12)19(22)23/h6-9,13,15,17,21H,1-5,10-11H2,(H,18,20)/t15-/m0/s1. The maximum Gasteiger partial charge on any atom is 0.269 e. The lowest BCUT2D eigenvalue weighted by atomic mass is 9.89. The van der Waals surface area contributed by atoms with Crippen molar-refractivity contribution in [2.45, 2.75) is 44.6 Å². The van der Waals surface area contributed by atoms with Crippen molar-refractivity contribution in [3.05, 3.63) is 39.9 Å². The first-order chi connectivity index (χ1) is 11.1. The van der Waals surface area contributed by atoms with Gasteiger partial charge in [0.05, 0.1) is 11.0 Å². The first kappa shape index (κ1) is 17.4. The van der Waals surface area contributed by atoms with Gasteiger partial charge >= 0.3 is 0 Å². The fourth-order valence-electron chi connectivity index (χ4n) is 3.03. The molecule has 1 aromatic carbocycles. The van der Waals surface area contributed by atoms with Crippen LogP contribution in [0.2, 0.25) is 0 Å². The van der Waals surface area contributed by atoms with Gasteiger partial charge in [0.15, 0.2) is 0 Å². The lowest BCUT2D eigenvalue weighted by Gasteiger charge is -2.24. The summed E-state index contributed by atoms with van der Waals surface area (Å²) in [6.45, 7) is 0.741. The van der Waals surface area contributed by atoms with Crippen molar-refractivity contribution in [2.75, 3.05) is 6.54 Å². The molecule has 1 aliphatic carbocycles. The number of nitro benzene ring substituents is 1. The number of hydrogen-bond donors (Lipinski definition) is 3. The Morgan fingerprint density at radius 2 is 1.91 bits per heavy atom. The number of nitrogens with zero attached hydrogens (tertiary/aromatic N) is 1. The van der Waals surface area contributed by atoms with E-state index in [2.05, 4.69) is 5.32 Å². The fraction of sp³-hybridized carbons (Fsp3) is 0.562.